The van der Waals surface area contributed by atoms with E-state index in [1.165, 1.54) is 22.4 Å². The molecule has 0 radical (unpaired) electrons. The second kappa shape index (κ2) is 7.45. The van der Waals surface area contributed by atoms with Gasteiger partial charge in [0.1, 0.15) is 12.4 Å². The van der Waals surface area contributed by atoms with Crippen molar-refractivity contribution >= 4 is 17.3 Å². The van der Waals surface area contributed by atoms with Gasteiger partial charge in [-0.25, -0.2) is 0 Å². The highest BCUT2D eigenvalue weighted by Crippen LogP contribution is 2.29. The molecule has 1 unspecified atom stereocenters. The van der Waals surface area contributed by atoms with Crippen molar-refractivity contribution in [2.24, 2.45) is 0 Å². The van der Waals surface area contributed by atoms with Gasteiger partial charge >= 0.3 is 0 Å². The lowest BCUT2D eigenvalue weighted by molar-refractivity contribution is 0.267. The van der Waals surface area contributed by atoms with Crippen LogP contribution in [0.2, 0.25) is 5.02 Å². The van der Waals surface area contributed by atoms with Crippen molar-refractivity contribution in [1.29, 1.82) is 0 Å². The number of aryl methyl sites for hydroxylation is 3. The van der Waals surface area contributed by atoms with Gasteiger partial charge in [0.25, 0.3) is 0 Å². The Kier molecular flexibility index (Phi) is 5.32. The van der Waals surface area contributed by atoms with Crippen molar-refractivity contribution in [3.8, 4) is 5.75 Å². The lowest BCUT2D eigenvalue weighted by Crippen LogP contribution is -2.54. The number of halogens is 1. The van der Waals surface area contributed by atoms with Crippen molar-refractivity contribution in [1.82, 2.24) is 5.32 Å². The van der Waals surface area contributed by atoms with E-state index in [2.05, 4.69) is 43.1 Å². The summed E-state index contributed by atoms with van der Waals surface area (Å²) in [7, 11) is 0. The Labute approximate surface area is 149 Å². The molecule has 1 saturated heterocycles. The van der Waals surface area contributed by atoms with Gasteiger partial charge < -0.3 is 15.0 Å². The number of rotatable bonds is 4. The van der Waals surface area contributed by atoms with Crippen LogP contribution in [-0.4, -0.2) is 32.3 Å². The first-order valence-corrected chi connectivity index (χ1v) is 8.86. The summed E-state index contributed by atoms with van der Waals surface area (Å²) in [5.41, 5.74) is 5.35. The number of anilines is 1. The summed E-state index contributed by atoms with van der Waals surface area (Å²) in [6.45, 7) is 10.1. The summed E-state index contributed by atoms with van der Waals surface area (Å²) in [5, 5.41) is 4.22. The Morgan fingerprint density at radius 1 is 1.12 bits per heavy atom. The minimum absolute atomic E-state index is 0.314. The van der Waals surface area contributed by atoms with Crippen LogP contribution in [0.1, 0.15) is 16.7 Å². The van der Waals surface area contributed by atoms with E-state index in [1.54, 1.807) is 0 Å². The van der Waals surface area contributed by atoms with Gasteiger partial charge in [0.15, 0.2) is 0 Å². The molecular formula is C20H25ClN2O. The summed E-state index contributed by atoms with van der Waals surface area (Å²) in [6, 6.07) is 12.4. The molecule has 2 aromatic carbocycles. The Morgan fingerprint density at radius 2 is 1.79 bits per heavy atom. The fraction of sp³-hybridized carbons (Fsp3) is 0.400. The zero-order valence-corrected chi connectivity index (χ0v) is 15.4. The summed E-state index contributed by atoms with van der Waals surface area (Å²) in [4.78, 5) is 2.50. The second-order valence-electron chi connectivity index (χ2n) is 6.56. The summed E-state index contributed by atoms with van der Waals surface area (Å²) in [6.07, 6.45) is 0. The van der Waals surface area contributed by atoms with Crippen LogP contribution >= 0.6 is 11.6 Å². The van der Waals surface area contributed by atoms with Crippen molar-refractivity contribution < 1.29 is 4.74 Å². The van der Waals surface area contributed by atoms with Crippen LogP contribution in [0.15, 0.2) is 36.4 Å². The molecular weight excluding hydrogens is 320 g/mol. The maximum absolute atomic E-state index is 6.02. The van der Waals surface area contributed by atoms with Crippen LogP contribution in [0.4, 0.5) is 5.69 Å². The average molecular weight is 345 g/mol. The Balaban J connectivity index is 1.77. The SMILES string of the molecule is Cc1cc(C)c(N2CCNCC2COc2ccc(Cl)cc2)c(C)c1. The van der Waals surface area contributed by atoms with Gasteiger partial charge in [-0.2, -0.15) is 0 Å². The van der Waals surface area contributed by atoms with Crippen LogP contribution in [-0.2, 0) is 0 Å². The van der Waals surface area contributed by atoms with Crippen LogP contribution in [0, 0.1) is 20.8 Å². The molecule has 0 amide bonds. The Bertz CT molecular complexity index is 676. The predicted octanol–water partition coefficient (Wildman–Crippen LogP) is 4.12. The molecule has 1 atom stereocenters. The first kappa shape index (κ1) is 17.1. The molecule has 0 spiro atoms. The predicted molar refractivity (Wildman–Crippen MR) is 102 cm³/mol. The molecule has 24 heavy (non-hydrogen) atoms. The van der Waals surface area contributed by atoms with Gasteiger partial charge in [0.05, 0.1) is 6.04 Å². The van der Waals surface area contributed by atoms with Gasteiger partial charge in [-0.1, -0.05) is 29.3 Å². The van der Waals surface area contributed by atoms with Crippen molar-refractivity contribution in [2.75, 3.05) is 31.1 Å². The van der Waals surface area contributed by atoms with Crippen LogP contribution < -0.4 is 15.0 Å². The smallest absolute Gasteiger partial charge is 0.119 e. The molecule has 128 valence electrons. The second-order valence-corrected chi connectivity index (χ2v) is 7.00. The lowest BCUT2D eigenvalue weighted by atomic mass is 10.0. The van der Waals surface area contributed by atoms with Gasteiger partial charge in [-0.15, -0.1) is 0 Å². The number of hydrogen-bond donors (Lipinski definition) is 1. The third-order valence-electron chi connectivity index (χ3n) is 4.53. The quantitative estimate of drug-likeness (QED) is 0.902. The highest BCUT2D eigenvalue weighted by atomic mass is 35.5. The van der Waals surface area contributed by atoms with Gasteiger partial charge in [-0.3, -0.25) is 0 Å². The summed E-state index contributed by atoms with van der Waals surface area (Å²) in [5.74, 6) is 0.863. The third-order valence-corrected chi connectivity index (χ3v) is 4.78. The van der Waals surface area contributed by atoms with Crippen LogP contribution in [0.5, 0.6) is 5.75 Å². The van der Waals surface area contributed by atoms with E-state index in [0.717, 1.165) is 30.4 Å². The maximum Gasteiger partial charge on any atom is 0.119 e. The molecule has 2 aromatic rings. The fourth-order valence-electron chi connectivity index (χ4n) is 3.55. The molecule has 0 saturated carbocycles. The molecule has 1 aliphatic heterocycles. The zero-order chi connectivity index (χ0) is 17.1. The largest absolute Gasteiger partial charge is 0.491 e. The maximum atomic E-state index is 6.02. The first-order chi connectivity index (χ1) is 11.5. The molecule has 3 rings (SSSR count). The van der Waals surface area contributed by atoms with Crippen molar-refractivity contribution in [3.63, 3.8) is 0 Å². The molecule has 1 aliphatic rings. The van der Waals surface area contributed by atoms with E-state index >= 15 is 0 Å². The number of piperazine rings is 1. The van der Waals surface area contributed by atoms with Crippen LogP contribution in [0.25, 0.3) is 0 Å². The number of ether oxygens (including phenoxy) is 1. The minimum Gasteiger partial charge on any atom is -0.491 e. The van der Waals surface area contributed by atoms with E-state index in [0.29, 0.717) is 12.6 Å². The van der Waals surface area contributed by atoms with Gasteiger partial charge in [0, 0.05) is 30.3 Å². The first-order valence-electron chi connectivity index (χ1n) is 8.48. The highest BCUT2D eigenvalue weighted by molar-refractivity contribution is 6.30. The minimum atomic E-state index is 0.314. The van der Waals surface area contributed by atoms with E-state index < -0.39 is 0 Å². The Morgan fingerprint density at radius 3 is 2.46 bits per heavy atom. The normalized spacial score (nSPS) is 17.8. The molecule has 1 N–H and O–H groups in total. The molecule has 1 fully saturated rings. The summed E-state index contributed by atoms with van der Waals surface area (Å²) >= 11 is 5.94. The Hall–Kier alpha value is -1.71. The third kappa shape index (κ3) is 3.85. The lowest BCUT2D eigenvalue weighted by Gasteiger charge is -2.39. The van der Waals surface area contributed by atoms with Gasteiger partial charge in [-0.05, 0) is 56.2 Å². The molecule has 1 heterocycles. The van der Waals surface area contributed by atoms with E-state index in [1.807, 2.05) is 24.3 Å². The number of nitrogens with zero attached hydrogens (tertiary/aromatic N) is 1. The molecule has 0 aromatic heterocycles. The topological polar surface area (TPSA) is 24.5 Å². The molecule has 4 heteroatoms. The number of benzene rings is 2. The number of nitrogens with one attached hydrogen (secondary N) is 1. The summed E-state index contributed by atoms with van der Waals surface area (Å²) < 4.78 is 6.02. The van der Waals surface area contributed by atoms with Gasteiger partial charge in [0.2, 0.25) is 0 Å². The average Bonchev–Trinajstić information content (AvgIpc) is 2.54. The molecule has 0 bridgehead atoms. The highest BCUT2D eigenvalue weighted by Gasteiger charge is 2.25. The van der Waals surface area contributed by atoms with Crippen LogP contribution in [0.3, 0.4) is 0 Å². The fourth-order valence-corrected chi connectivity index (χ4v) is 3.68. The van der Waals surface area contributed by atoms with E-state index in [9.17, 15) is 0 Å². The zero-order valence-electron chi connectivity index (χ0n) is 14.6. The van der Waals surface area contributed by atoms with Crippen molar-refractivity contribution in [2.45, 2.75) is 26.8 Å². The van der Waals surface area contributed by atoms with E-state index in [-0.39, 0.29) is 0 Å². The van der Waals surface area contributed by atoms with E-state index in [4.69, 9.17) is 16.3 Å². The molecule has 3 nitrogen and oxygen atoms in total. The van der Waals surface area contributed by atoms with Crippen molar-refractivity contribution in [3.05, 3.63) is 58.1 Å². The molecule has 0 aliphatic carbocycles. The standard InChI is InChI=1S/C20H25ClN2O/c1-14-10-15(2)20(16(3)11-14)23-9-8-22-12-18(23)13-24-19-6-4-17(21)5-7-19/h4-7,10-11,18,22H,8-9,12-13H2,1-3H3. The monoisotopic (exact) mass is 344 g/mol. The number of hydrogen-bond acceptors (Lipinski definition) is 3.